The molecule has 1 saturated carbocycles. The molecule has 0 saturated heterocycles. The van der Waals surface area contributed by atoms with Gasteiger partial charge < -0.3 is 10.5 Å². The minimum absolute atomic E-state index is 0.0216. The van der Waals surface area contributed by atoms with Crippen molar-refractivity contribution < 1.29 is 9.53 Å². The predicted octanol–water partition coefficient (Wildman–Crippen LogP) is 5.99. The molecule has 0 aromatic heterocycles. The molecular formula is C26H27NO2S2. The molecule has 31 heavy (non-hydrogen) atoms. The van der Waals surface area contributed by atoms with Crippen LogP contribution in [0.4, 0.5) is 0 Å². The average Bonchev–Trinajstić information content (AvgIpc) is 3.21. The van der Waals surface area contributed by atoms with Gasteiger partial charge in [0, 0.05) is 15.8 Å². The number of thioether (sulfide) groups is 2. The van der Waals surface area contributed by atoms with Crippen LogP contribution >= 0.6 is 23.5 Å². The molecule has 3 aromatic carbocycles. The molecular weight excluding hydrogens is 422 g/mol. The summed E-state index contributed by atoms with van der Waals surface area (Å²) < 4.78 is 5.85. The number of carbonyl (C=O) groups excluding carboxylic acids is 1. The van der Waals surface area contributed by atoms with Crippen LogP contribution in [0.5, 0.6) is 0 Å². The maximum absolute atomic E-state index is 12.8. The highest BCUT2D eigenvalue weighted by Gasteiger charge is 2.41. The zero-order chi connectivity index (χ0) is 21.5. The van der Waals surface area contributed by atoms with Crippen LogP contribution in [0.2, 0.25) is 0 Å². The summed E-state index contributed by atoms with van der Waals surface area (Å²) >= 11 is 3.68. The van der Waals surface area contributed by atoms with Gasteiger partial charge in [0.1, 0.15) is 6.61 Å². The summed E-state index contributed by atoms with van der Waals surface area (Å²) in [5.41, 5.74) is 7.59. The van der Waals surface area contributed by atoms with Gasteiger partial charge in [0.05, 0.1) is 10.5 Å². The molecule has 0 amide bonds. The van der Waals surface area contributed by atoms with Crippen molar-refractivity contribution in [1.29, 1.82) is 0 Å². The number of esters is 1. The number of hydrogen-bond donors (Lipinski definition) is 1. The third-order valence-electron chi connectivity index (χ3n) is 5.56. The molecule has 1 aliphatic carbocycles. The Morgan fingerprint density at radius 1 is 0.839 bits per heavy atom. The lowest BCUT2D eigenvalue weighted by atomic mass is 10.1. The van der Waals surface area contributed by atoms with Crippen LogP contribution in [0.15, 0.2) is 101 Å². The number of nitrogens with two attached hydrogens (primary N) is 1. The van der Waals surface area contributed by atoms with Gasteiger partial charge in [-0.25, -0.2) is 0 Å². The summed E-state index contributed by atoms with van der Waals surface area (Å²) in [5.74, 6) is -0.0429. The fourth-order valence-corrected chi connectivity index (χ4v) is 6.92. The van der Waals surface area contributed by atoms with Gasteiger partial charge in [-0.3, -0.25) is 4.79 Å². The maximum Gasteiger partial charge on any atom is 0.309 e. The van der Waals surface area contributed by atoms with E-state index in [1.807, 2.05) is 66.0 Å². The maximum atomic E-state index is 12.8. The molecule has 0 aliphatic heterocycles. The Morgan fingerprint density at radius 3 is 1.90 bits per heavy atom. The van der Waals surface area contributed by atoms with Gasteiger partial charge in [0.15, 0.2) is 0 Å². The smallest absolute Gasteiger partial charge is 0.309 e. The van der Waals surface area contributed by atoms with Crippen LogP contribution in [0.1, 0.15) is 18.4 Å². The Hall–Kier alpha value is -2.21. The Balaban J connectivity index is 1.43. The first-order chi connectivity index (χ1) is 15.2. The van der Waals surface area contributed by atoms with Crippen molar-refractivity contribution in [2.24, 2.45) is 17.6 Å². The van der Waals surface area contributed by atoms with Crippen molar-refractivity contribution >= 4 is 29.5 Å². The van der Waals surface area contributed by atoms with Crippen molar-refractivity contribution in [3.05, 3.63) is 96.6 Å². The number of carbonyl (C=O) groups is 1. The molecule has 0 radical (unpaired) electrons. The molecule has 160 valence electrons. The monoisotopic (exact) mass is 449 g/mol. The fraction of sp³-hybridized carbons (Fsp3) is 0.269. The number of hydrogen-bond acceptors (Lipinski definition) is 5. The molecule has 2 N–H and O–H groups in total. The molecule has 3 aromatic rings. The average molecular weight is 450 g/mol. The first-order valence-corrected chi connectivity index (χ1v) is 12.3. The Morgan fingerprint density at radius 2 is 1.35 bits per heavy atom. The zero-order valence-electron chi connectivity index (χ0n) is 17.3. The lowest BCUT2D eigenvalue weighted by molar-refractivity contribution is -0.149. The first-order valence-electron chi connectivity index (χ1n) is 10.6. The van der Waals surface area contributed by atoms with Crippen molar-refractivity contribution in [1.82, 2.24) is 0 Å². The molecule has 1 fully saturated rings. The lowest BCUT2D eigenvalue weighted by Gasteiger charge is -2.26. The molecule has 3 atom stereocenters. The van der Waals surface area contributed by atoms with E-state index < -0.39 is 0 Å². The van der Waals surface area contributed by atoms with Gasteiger partial charge in [0.25, 0.3) is 0 Å². The summed E-state index contributed by atoms with van der Waals surface area (Å²) in [4.78, 5) is 15.2. The summed E-state index contributed by atoms with van der Waals surface area (Å²) in [6, 6.07) is 30.6. The van der Waals surface area contributed by atoms with Crippen LogP contribution in [0.3, 0.4) is 0 Å². The van der Waals surface area contributed by atoms with Crippen LogP contribution in [-0.2, 0) is 16.1 Å². The van der Waals surface area contributed by atoms with E-state index in [-0.39, 0.29) is 28.4 Å². The second-order valence-corrected chi connectivity index (χ2v) is 10.5. The number of ether oxygens (including phenoxy) is 1. The number of rotatable bonds is 8. The van der Waals surface area contributed by atoms with Crippen molar-refractivity contribution in [3.63, 3.8) is 0 Å². The van der Waals surface area contributed by atoms with Gasteiger partial charge in [-0.1, -0.05) is 66.7 Å². The van der Waals surface area contributed by atoms with E-state index in [0.29, 0.717) is 13.0 Å². The van der Waals surface area contributed by atoms with Crippen molar-refractivity contribution in [2.75, 3.05) is 0 Å². The third kappa shape index (κ3) is 6.16. The van der Waals surface area contributed by atoms with Crippen LogP contribution in [-0.4, -0.2) is 16.6 Å². The van der Waals surface area contributed by atoms with Gasteiger partial charge >= 0.3 is 5.97 Å². The van der Waals surface area contributed by atoms with Crippen molar-refractivity contribution in [2.45, 2.75) is 39.9 Å². The molecule has 3 unspecified atom stereocenters. The molecule has 0 bridgehead atoms. The van der Waals surface area contributed by atoms with Gasteiger partial charge in [0.2, 0.25) is 0 Å². The molecule has 0 heterocycles. The molecule has 3 nitrogen and oxygen atoms in total. The zero-order valence-corrected chi connectivity index (χ0v) is 18.9. The minimum Gasteiger partial charge on any atom is -0.461 e. The normalized spacial score (nSPS) is 20.6. The van der Waals surface area contributed by atoms with E-state index in [0.717, 1.165) is 12.0 Å². The standard InChI is InChI=1S/C26H27NO2S2/c27-24-17-20(25(28)29-18-19-10-4-1-5-11-19)16-23(24)26(30-21-12-6-2-7-13-21)31-22-14-8-3-9-15-22/h1-15,20,23-24,26H,16-18,27H2. The van der Waals surface area contributed by atoms with Crippen LogP contribution < -0.4 is 5.73 Å². The highest BCUT2D eigenvalue weighted by atomic mass is 32.2. The quantitative estimate of drug-likeness (QED) is 0.260. The van der Waals surface area contributed by atoms with Gasteiger partial charge in [-0.2, -0.15) is 0 Å². The van der Waals surface area contributed by atoms with E-state index in [9.17, 15) is 4.79 Å². The lowest BCUT2D eigenvalue weighted by Crippen LogP contribution is -2.30. The summed E-state index contributed by atoms with van der Waals surface area (Å²) in [7, 11) is 0. The highest BCUT2D eigenvalue weighted by Crippen LogP contribution is 2.46. The van der Waals surface area contributed by atoms with Crippen molar-refractivity contribution in [3.8, 4) is 0 Å². The molecule has 1 aliphatic rings. The van der Waals surface area contributed by atoms with E-state index in [2.05, 4.69) is 48.5 Å². The van der Waals surface area contributed by atoms with Crippen LogP contribution in [0, 0.1) is 11.8 Å². The Kier molecular flexibility index (Phi) is 7.73. The first kappa shape index (κ1) is 22.0. The largest absolute Gasteiger partial charge is 0.461 e. The van der Waals surface area contributed by atoms with Gasteiger partial charge in [-0.05, 0) is 48.6 Å². The summed E-state index contributed by atoms with van der Waals surface area (Å²) in [5, 5.41) is 0. The van der Waals surface area contributed by atoms with Crippen LogP contribution in [0.25, 0.3) is 0 Å². The highest BCUT2D eigenvalue weighted by molar-refractivity contribution is 8.17. The second kappa shape index (κ2) is 10.9. The Labute approximate surface area is 192 Å². The van der Waals surface area contributed by atoms with E-state index in [1.165, 1.54) is 9.79 Å². The summed E-state index contributed by atoms with van der Waals surface area (Å²) in [6.45, 7) is 0.317. The van der Waals surface area contributed by atoms with E-state index >= 15 is 0 Å². The third-order valence-corrected chi connectivity index (χ3v) is 8.39. The molecule has 0 spiro atoms. The van der Waals surface area contributed by atoms with E-state index in [1.54, 1.807) is 0 Å². The SMILES string of the molecule is NC1CC(C(=O)OCc2ccccc2)CC1C(Sc1ccccc1)Sc1ccccc1. The predicted molar refractivity (Wildman–Crippen MR) is 129 cm³/mol. The topological polar surface area (TPSA) is 52.3 Å². The fourth-order valence-electron chi connectivity index (χ4n) is 3.92. The minimum atomic E-state index is -0.140. The van der Waals surface area contributed by atoms with E-state index in [4.69, 9.17) is 10.5 Å². The summed E-state index contributed by atoms with van der Waals surface area (Å²) in [6.07, 6.45) is 1.44. The Bertz CT molecular complexity index is 911. The number of benzene rings is 3. The second-order valence-electron chi connectivity index (χ2n) is 7.82. The molecule has 4 rings (SSSR count). The molecule has 5 heteroatoms. The van der Waals surface area contributed by atoms with Gasteiger partial charge in [-0.15, -0.1) is 23.5 Å².